The molecule has 0 spiro atoms. The molecule has 0 saturated carbocycles. The number of nitrogens with one attached hydrogen (secondary N) is 1. The number of aromatic nitrogens is 2. The van der Waals surface area contributed by atoms with E-state index in [2.05, 4.69) is 10.4 Å². The van der Waals surface area contributed by atoms with Crippen molar-refractivity contribution < 1.29 is 19.4 Å². The highest BCUT2D eigenvalue weighted by molar-refractivity contribution is 5.84. The van der Waals surface area contributed by atoms with Crippen LogP contribution in [0, 0.1) is 0 Å². The van der Waals surface area contributed by atoms with Crippen LogP contribution in [-0.2, 0) is 28.0 Å². The number of nitrogens with zero attached hydrogens (tertiary/aromatic N) is 2. The Morgan fingerprint density at radius 3 is 2.85 bits per heavy atom. The van der Waals surface area contributed by atoms with E-state index < -0.39 is 17.9 Å². The van der Waals surface area contributed by atoms with E-state index in [-0.39, 0.29) is 13.2 Å². The van der Waals surface area contributed by atoms with Crippen molar-refractivity contribution in [3.8, 4) is 0 Å². The number of carbonyl (C=O) groups is 2. The SMILES string of the molecule is CCCC[C@H](NC(=O)COCc1ccnn1C)C(=O)O. The zero-order chi connectivity index (χ0) is 15.0. The van der Waals surface area contributed by atoms with Gasteiger partial charge >= 0.3 is 5.97 Å². The van der Waals surface area contributed by atoms with Crippen LogP contribution >= 0.6 is 0 Å². The Morgan fingerprint density at radius 2 is 2.30 bits per heavy atom. The maximum Gasteiger partial charge on any atom is 0.326 e. The second-order valence-electron chi connectivity index (χ2n) is 4.54. The van der Waals surface area contributed by atoms with E-state index in [1.54, 1.807) is 24.0 Å². The lowest BCUT2D eigenvalue weighted by Gasteiger charge is -2.14. The zero-order valence-electron chi connectivity index (χ0n) is 11.8. The molecule has 0 fully saturated rings. The van der Waals surface area contributed by atoms with Gasteiger partial charge in [0.15, 0.2) is 0 Å². The van der Waals surface area contributed by atoms with Crippen molar-refractivity contribution in [2.24, 2.45) is 7.05 Å². The standard InChI is InChI=1S/C13H21N3O4/c1-3-4-5-11(13(18)19)15-12(17)9-20-8-10-6-7-14-16(10)2/h6-7,11H,3-5,8-9H2,1-2H3,(H,15,17)(H,18,19)/t11-/m0/s1. The molecule has 0 saturated heterocycles. The van der Waals surface area contributed by atoms with Crippen molar-refractivity contribution in [3.05, 3.63) is 18.0 Å². The molecule has 1 aromatic rings. The second kappa shape index (κ2) is 8.31. The largest absolute Gasteiger partial charge is 0.480 e. The molecule has 1 rings (SSSR count). The molecule has 2 N–H and O–H groups in total. The highest BCUT2D eigenvalue weighted by Crippen LogP contribution is 2.02. The summed E-state index contributed by atoms with van der Waals surface area (Å²) >= 11 is 0. The minimum Gasteiger partial charge on any atom is -0.480 e. The van der Waals surface area contributed by atoms with Crippen LogP contribution in [0.5, 0.6) is 0 Å². The first-order valence-corrected chi connectivity index (χ1v) is 6.61. The predicted octanol–water partition coefficient (Wildman–Crippen LogP) is 0.696. The number of rotatable bonds is 9. The summed E-state index contributed by atoms with van der Waals surface area (Å²) in [6.45, 7) is 2.06. The lowest BCUT2D eigenvalue weighted by Crippen LogP contribution is -2.42. The first-order valence-electron chi connectivity index (χ1n) is 6.61. The number of aliphatic carboxylic acids is 1. The molecule has 0 aromatic carbocycles. The van der Waals surface area contributed by atoms with Crippen molar-refractivity contribution in [1.82, 2.24) is 15.1 Å². The normalized spacial score (nSPS) is 12.1. The Kier molecular flexibility index (Phi) is 6.72. The van der Waals surface area contributed by atoms with E-state index in [1.807, 2.05) is 6.92 Å². The van der Waals surface area contributed by atoms with Crippen molar-refractivity contribution in [2.45, 2.75) is 38.8 Å². The lowest BCUT2D eigenvalue weighted by molar-refractivity contribution is -0.142. The fourth-order valence-corrected chi connectivity index (χ4v) is 1.69. The smallest absolute Gasteiger partial charge is 0.326 e. The lowest BCUT2D eigenvalue weighted by atomic mass is 10.1. The number of carbonyl (C=O) groups excluding carboxylic acids is 1. The van der Waals surface area contributed by atoms with E-state index >= 15 is 0 Å². The number of carboxylic acids is 1. The minimum absolute atomic E-state index is 0.166. The van der Waals surface area contributed by atoms with Crippen molar-refractivity contribution in [2.75, 3.05) is 6.61 Å². The Morgan fingerprint density at radius 1 is 1.55 bits per heavy atom. The summed E-state index contributed by atoms with van der Waals surface area (Å²) < 4.78 is 6.89. The average molecular weight is 283 g/mol. The van der Waals surface area contributed by atoms with Gasteiger partial charge in [-0.15, -0.1) is 0 Å². The summed E-state index contributed by atoms with van der Waals surface area (Å²) in [6, 6.07) is 0.946. The number of amides is 1. The third kappa shape index (κ3) is 5.40. The molecule has 1 aromatic heterocycles. The molecule has 0 bridgehead atoms. The van der Waals surface area contributed by atoms with Gasteiger partial charge in [-0.2, -0.15) is 5.10 Å². The van der Waals surface area contributed by atoms with Gasteiger partial charge in [0.05, 0.1) is 12.3 Å². The van der Waals surface area contributed by atoms with E-state index in [4.69, 9.17) is 9.84 Å². The zero-order valence-corrected chi connectivity index (χ0v) is 11.8. The number of ether oxygens (including phenoxy) is 1. The third-order valence-electron chi connectivity index (χ3n) is 2.89. The Hall–Kier alpha value is -1.89. The maximum absolute atomic E-state index is 11.6. The first kappa shape index (κ1) is 16.2. The van der Waals surface area contributed by atoms with Gasteiger partial charge in [-0.1, -0.05) is 19.8 Å². The van der Waals surface area contributed by atoms with E-state index in [0.29, 0.717) is 6.42 Å². The Labute approximate surface area is 117 Å². The summed E-state index contributed by atoms with van der Waals surface area (Å²) in [5, 5.41) is 15.4. The molecule has 0 radical (unpaired) electrons. The Bertz CT molecular complexity index is 445. The molecule has 7 nitrogen and oxygen atoms in total. The summed E-state index contributed by atoms with van der Waals surface area (Å²) in [5.74, 6) is -1.44. The van der Waals surface area contributed by atoms with Gasteiger partial charge in [-0.3, -0.25) is 9.48 Å². The van der Waals surface area contributed by atoms with Gasteiger partial charge in [0, 0.05) is 13.2 Å². The number of carboxylic acid groups (broad SMARTS) is 1. The van der Waals surface area contributed by atoms with Gasteiger partial charge in [0.1, 0.15) is 12.6 Å². The van der Waals surface area contributed by atoms with Crippen molar-refractivity contribution in [3.63, 3.8) is 0 Å². The second-order valence-corrected chi connectivity index (χ2v) is 4.54. The van der Waals surface area contributed by atoms with E-state index in [0.717, 1.165) is 18.5 Å². The Balaban J connectivity index is 2.31. The molecule has 0 aliphatic heterocycles. The highest BCUT2D eigenvalue weighted by Gasteiger charge is 2.19. The monoisotopic (exact) mass is 283 g/mol. The minimum atomic E-state index is -1.02. The molecular formula is C13H21N3O4. The number of aryl methyl sites for hydroxylation is 1. The molecular weight excluding hydrogens is 262 g/mol. The van der Waals surface area contributed by atoms with Crippen molar-refractivity contribution in [1.29, 1.82) is 0 Å². The van der Waals surface area contributed by atoms with Gasteiger partial charge < -0.3 is 15.2 Å². The molecule has 0 aliphatic carbocycles. The molecule has 20 heavy (non-hydrogen) atoms. The van der Waals surface area contributed by atoms with Gasteiger partial charge in [0.2, 0.25) is 5.91 Å². The highest BCUT2D eigenvalue weighted by atomic mass is 16.5. The van der Waals surface area contributed by atoms with Crippen LogP contribution in [0.15, 0.2) is 12.3 Å². The van der Waals surface area contributed by atoms with Gasteiger partial charge in [0.25, 0.3) is 0 Å². The average Bonchev–Trinajstić information content (AvgIpc) is 2.80. The summed E-state index contributed by atoms with van der Waals surface area (Å²) in [4.78, 5) is 22.6. The number of unbranched alkanes of at least 4 members (excludes halogenated alkanes) is 1. The van der Waals surface area contributed by atoms with Crippen LogP contribution in [-0.4, -0.2) is 39.4 Å². The predicted molar refractivity (Wildman–Crippen MR) is 72.0 cm³/mol. The van der Waals surface area contributed by atoms with Crippen LogP contribution in [0.1, 0.15) is 31.9 Å². The first-order chi connectivity index (χ1) is 9.54. The van der Waals surface area contributed by atoms with Crippen LogP contribution in [0.2, 0.25) is 0 Å². The third-order valence-corrected chi connectivity index (χ3v) is 2.89. The number of hydrogen-bond acceptors (Lipinski definition) is 4. The van der Waals surface area contributed by atoms with Crippen LogP contribution in [0.4, 0.5) is 0 Å². The van der Waals surface area contributed by atoms with Crippen LogP contribution in [0.3, 0.4) is 0 Å². The maximum atomic E-state index is 11.6. The quantitative estimate of drug-likeness (QED) is 0.695. The fraction of sp³-hybridized carbons (Fsp3) is 0.615. The van der Waals surface area contributed by atoms with Gasteiger partial charge in [-0.25, -0.2) is 4.79 Å². The molecule has 112 valence electrons. The van der Waals surface area contributed by atoms with Crippen LogP contribution < -0.4 is 5.32 Å². The fourth-order valence-electron chi connectivity index (χ4n) is 1.69. The molecule has 0 aliphatic rings. The molecule has 7 heteroatoms. The molecule has 1 heterocycles. The molecule has 1 amide bonds. The van der Waals surface area contributed by atoms with E-state index in [1.165, 1.54) is 0 Å². The summed E-state index contributed by atoms with van der Waals surface area (Å²) in [6.07, 6.45) is 3.72. The van der Waals surface area contributed by atoms with Gasteiger partial charge in [-0.05, 0) is 12.5 Å². The summed E-state index contributed by atoms with van der Waals surface area (Å²) in [5.41, 5.74) is 0.846. The van der Waals surface area contributed by atoms with E-state index in [9.17, 15) is 9.59 Å². The number of hydrogen-bond donors (Lipinski definition) is 2. The topological polar surface area (TPSA) is 93.5 Å². The van der Waals surface area contributed by atoms with Crippen molar-refractivity contribution >= 4 is 11.9 Å². The molecule has 1 atom stereocenters. The van der Waals surface area contributed by atoms with Crippen LogP contribution in [0.25, 0.3) is 0 Å². The molecule has 0 unspecified atom stereocenters. The summed E-state index contributed by atoms with van der Waals surface area (Å²) in [7, 11) is 1.78.